The summed E-state index contributed by atoms with van der Waals surface area (Å²) in [7, 11) is 0. The van der Waals surface area contributed by atoms with Gasteiger partial charge in [-0.2, -0.15) is 0 Å². The molecule has 0 aliphatic carbocycles. The van der Waals surface area contributed by atoms with Gasteiger partial charge in [0.05, 0.1) is 0 Å². The number of halogens is 1. The largest absolute Gasteiger partial charge is 0.371 e. The number of hydrogen-bond acceptors (Lipinski definition) is 3. The highest BCUT2D eigenvalue weighted by Gasteiger charge is 2.25. The number of benzene rings is 1. The molecule has 0 spiro atoms. The smallest absolute Gasteiger partial charge is 0.227 e. The van der Waals surface area contributed by atoms with Crippen LogP contribution in [0.5, 0.6) is 0 Å². The summed E-state index contributed by atoms with van der Waals surface area (Å²) < 4.78 is 0. The molecule has 1 fully saturated rings. The van der Waals surface area contributed by atoms with Crippen LogP contribution in [0.3, 0.4) is 0 Å². The van der Waals surface area contributed by atoms with E-state index in [0.29, 0.717) is 5.02 Å². The Morgan fingerprint density at radius 1 is 1.09 bits per heavy atom. The number of amides is 1. The van der Waals surface area contributed by atoms with Crippen LogP contribution in [-0.2, 0) is 4.79 Å². The highest BCUT2D eigenvalue weighted by atomic mass is 35.5. The van der Waals surface area contributed by atoms with E-state index in [9.17, 15) is 4.79 Å². The van der Waals surface area contributed by atoms with Crippen LogP contribution in [0.1, 0.15) is 12.8 Å². The van der Waals surface area contributed by atoms with Crippen molar-refractivity contribution in [2.24, 2.45) is 5.92 Å². The Balaban J connectivity index is 1.54. The second-order valence-electron chi connectivity index (χ2n) is 5.46. The van der Waals surface area contributed by atoms with Crippen molar-refractivity contribution in [3.63, 3.8) is 0 Å². The zero-order valence-electron chi connectivity index (χ0n) is 12.2. The number of carbonyl (C=O) groups excluding carboxylic acids is 1. The van der Waals surface area contributed by atoms with E-state index in [1.807, 2.05) is 24.3 Å². The standard InChI is InChI=1S/C17H18ClN3O/c18-14-1-3-15(4-2-14)20-17(22)13-7-11-21(12-8-13)16-5-9-19-10-6-16/h1-6,9-10,13H,7-8,11-12H2,(H,20,22). The van der Waals surface area contributed by atoms with Gasteiger partial charge in [-0.25, -0.2) is 0 Å². The van der Waals surface area contributed by atoms with Crippen molar-refractivity contribution in [3.8, 4) is 0 Å². The first kappa shape index (κ1) is 14.9. The average molecular weight is 316 g/mol. The van der Waals surface area contributed by atoms with Gasteiger partial charge in [-0.3, -0.25) is 9.78 Å². The van der Waals surface area contributed by atoms with Gasteiger partial charge in [0.2, 0.25) is 5.91 Å². The van der Waals surface area contributed by atoms with Crippen LogP contribution in [-0.4, -0.2) is 24.0 Å². The highest BCUT2D eigenvalue weighted by Crippen LogP contribution is 2.24. The molecule has 114 valence electrons. The van der Waals surface area contributed by atoms with E-state index >= 15 is 0 Å². The molecule has 1 aliphatic rings. The van der Waals surface area contributed by atoms with E-state index in [0.717, 1.165) is 31.6 Å². The molecular formula is C17H18ClN3O. The minimum absolute atomic E-state index is 0.0637. The molecule has 1 aromatic heterocycles. The molecule has 0 atom stereocenters. The summed E-state index contributed by atoms with van der Waals surface area (Å²) >= 11 is 5.85. The maximum Gasteiger partial charge on any atom is 0.227 e. The number of carbonyl (C=O) groups is 1. The maximum atomic E-state index is 12.3. The van der Waals surface area contributed by atoms with Gasteiger partial charge in [0, 0.05) is 47.8 Å². The number of rotatable bonds is 3. The first-order valence-electron chi connectivity index (χ1n) is 7.44. The summed E-state index contributed by atoms with van der Waals surface area (Å²) in [4.78, 5) is 18.7. The molecule has 0 bridgehead atoms. The second kappa shape index (κ2) is 6.79. The zero-order chi connectivity index (χ0) is 15.4. The molecule has 1 amide bonds. The summed E-state index contributed by atoms with van der Waals surface area (Å²) in [5.74, 6) is 0.158. The van der Waals surface area contributed by atoms with Crippen molar-refractivity contribution >= 4 is 28.9 Å². The van der Waals surface area contributed by atoms with Crippen molar-refractivity contribution in [1.29, 1.82) is 0 Å². The summed E-state index contributed by atoms with van der Waals surface area (Å²) in [5, 5.41) is 3.64. The molecule has 1 saturated heterocycles. The fourth-order valence-electron chi connectivity index (χ4n) is 2.73. The normalized spacial score (nSPS) is 15.6. The Kier molecular flexibility index (Phi) is 4.59. The van der Waals surface area contributed by atoms with Crippen LogP contribution in [0.4, 0.5) is 11.4 Å². The van der Waals surface area contributed by atoms with Gasteiger partial charge in [0.25, 0.3) is 0 Å². The average Bonchev–Trinajstić information content (AvgIpc) is 2.58. The summed E-state index contributed by atoms with van der Waals surface area (Å²) in [6.07, 6.45) is 5.33. The summed E-state index contributed by atoms with van der Waals surface area (Å²) in [6.45, 7) is 1.78. The predicted molar refractivity (Wildman–Crippen MR) is 89.3 cm³/mol. The number of anilines is 2. The number of nitrogens with zero attached hydrogens (tertiary/aromatic N) is 2. The quantitative estimate of drug-likeness (QED) is 0.941. The predicted octanol–water partition coefficient (Wildman–Crippen LogP) is 3.59. The monoisotopic (exact) mass is 315 g/mol. The van der Waals surface area contributed by atoms with E-state index in [4.69, 9.17) is 11.6 Å². The van der Waals surface area contributed by atoms with Gasteiger partial charge >= 0.3 is 0 Å². The molecule has 1 N–H and O–H groups in total. The van der Waals surface area contributed by atoms with Gasteiger partial charge in [-0.1, -0.05) is 11.6 Å². The van der Waals surface area contributed by atoms with Gasteiger partial charge in [-0.05, 0) is 49.2 Å². The Morgan fingerprint density at radius 2 is 1.73 bits per heavy atom. The Hall–Kier alpha value is -2.07. The zero-order valence-corrected chi connectivity index (χ0v) is 13.0. The van der Waals surface area contributed by atoms with Crippen LogP contribution in [0.25, 0.3) is 0 Å². The molecule has 0 radical (unpaired) electrons. The molecule has 1 aromatic carbocycles. The van der Waals surface area contributed by atoms with Crippen molar-refractivity contribution < 1.29 is 4.79 Å². The second-order valence-corrected chi connectivity index (χ2v) is 5.90. The van der Waals surface area contributed by atoms with E-state index in [1.165, 1.54) is 5.69 Å². The molecule has 0 unspecified atom stereocenters. The van der Waals surface area contributed by atoms with Gasteiger partial charge < -0.3 is 10.2 Å². The fourth-order valence-corrected chi connectivity index (χ4v) is 2.86. The number of hydrogen-bond donors (Lipinski definition) is 1. The van der Waals surface area contributed by atoms with E-state index in [-0.39, 0.29) is 11.8 Å². The third-order valence-corrected chi connectivity index (χ3v) is 4.26. The number of pyridine rings is 1. The van der Waals surface area contributed by atoms with Crippen molar-refractivity contribution in [3.05, 3.63) is 53.8 Å². The Bertz CT molecular complexity index is 622. The van der Waals surface area contributed by atoms with Crippen LogP contribution >= 0.6 is 11.6 Å². The molecule has 3 rings (SSSR count). The molecule has 1 aliphatic heterocycles. The van der Waals surface area contributed by atoms with Crippen LogP contribution in [0, 0.1) is 5.92 Å². The first-order chi connectivity index (χ1) is 10.7. The van der Waals surface area contributed by atoms with Crippen LogP contribution in [0.2, 0.25) is 5.02 Å². The lowest BCUT2D eigenvalue weighted by atomic mass is 9.95. The minimum Gasteiger partial charge on any atom is -0.371 e. The Morgan fingerprint density at radius 3 is 2.36 bits per heavy atom. The number of aromatic nitrogens is 1. The highest BCUT2D eigenvalue weighted by molar-refractivity contribution is 6.30. The molecule has 2 aromatic rings. The van der Waals surface area contributed by atoms with Crippen molar-refractivity contribution in [2.45, 2.75) is 12.8 Å². The third kappa shape index (κ3) is 3.57. The lowest BCUT2D eigenvalue weighted by Crippen LogP contribution is -2.38. The van der Waals surface area contributed by atoms with Gasteiger partial charge in [-0.15, -0.1) is 0 Å². The molecular weight excluding hydrogens is 298 g/mol. The fraction of sp³-hybridized carbons (Fsp3) is 0.294. The molecule has 0 saturated carbocycles. The van der Waals surface area contributed by atoms with E-state index in [1.54, 1.807) is 24.5 Å². The lowest BCUT2D eigenvalue weighted by molar-refractivity contribution is -0.120. The van der Waals surface area contributed by atoms with Crippen molar-refractivity contribution in [2.75, 3.05) is 23.3 Å². The minimum atomic E-state index is 0.0637. The molecule has 5 heteroatoms. The van der Waals surface area contributed by atoms with Crippen LogP contribution in [0.15, 0.2) is 48.8 Å². The van der Waals surface area contributed by atoms with E-state index in [2.05, 4.69) is 15.2 Å². The topological polar surface area (TPSA) is 45.2 Å². The van der Waals surface area contributed by atoms with Gasteiger partial charge in [0.1, 0.15) is 0 Å². The van der Waals surface area contributed by atoms with Crippen molar-refractivity contribution in [1.82, 2.24) is 4.98 Å². The van der Waals surface area contributed by atoms with Crippen LogP contribution < -0.4 is 10.2 Å². The SMILES string of the molecule is O=C(Nc1ccc(Cl)cc1)C1CCN(c2ccncc2)CC1. The number of piperidine rings is 1. The molecule has 22 heavy (non-hydrogen) atoms. The molecule has 4 nitrogen and oxygen atoms in total. The van der Waals surface area contributed by atoms with Gasteiger partial charge in [0.15, 0.2) is 0 Å². The lowest BCUT2D eigenvalue weighted by Gasteiger charge is -2.32. The summed E-state index contributed by atoms with van der Waals surface area (Å²) in [5.41, 5.74) is 1.97. The Labute approximate surface area is 135 Å². The summed E-state index contributed by atoms with van der Waals surface area (Å²) in [6, 6.07) is 11.2. The third-order valence-electron chi connectivity index (χ3n) is 4.01. The molecule has 2 heterocycles. The maximum absolute atomic E-state index is 12.3. The number of nitrogens with one attached hydrogen (secondary N) is 1. The van der Waals surface area contributed by atoms with E-state index < -0.39 is 0 Å². The first-order valence-corrected chi connectivity index (χ1v) is 7.81.